The number of rotatable bonds is 0. The number of likely N-dealkylation sites (tertiary alicyclic amines) is 1. The fourth-order valence-corrected chi connectivity index (χ4v) is 4.48. The van der Waals surface area contributed by atoms with Crippen LogP contribution in [0.1, 0.15) is 65.4 Å². The van der Waals surface area contributed by atoms with E-state index in [1.165, 1.54) is 5.56 Å². The molecule has 0 unspecified atom stereocenters. The molecule has 2 amide bonds. The highest BCUT2D eigenvalue weighted by Crippen LogP contribution is 2.38. The van der Waals surface area contributed by atoms with Gasteiger partial charge in [0.2, 0.25) is 5.91 Å². The highest BCUT2D eigenvalue weighted by Gasteiger charge is 2.38. The summed E-state index contributed by atoms with van der Waals surface area (Å²) in [6, 6.07) is 8.03. The van der Waals surface area contributed by atoms with Gasteiger partial charge in [-0.15, -0.1) is 0 Å². The molecular formula is C24H36N2O3. The Balaban J connectivity index is 1.70. The second kappa shape index (κ2) is 8.76. The minimum absolute atomic E-state index is 0.0621. The van der Waals surface area contributed by atoms with Crippen LogP contribution in [0, 0.1) is 10.8 Å². The van der Waals surface area contributed by atoms with Crippen LogP contribution in [0.3, 0.4) is 0 Å². The molecule has 0 saturated carbocycles. The van der Waals surface area contributed by atoms with Crippen molar-refractivity contribution in [3.8, 4) is 5.75 Å². The van der Waals surface area contributed by atoms with Crippen LogP contribution < -0.4 is 10.1 Å². The molecule has 1 aromatic carbocycles. The number of nitrogens with one attached hydrogen (secondary N) is 1. The van der Waals surface area contributed by atoms with Crippen LogP contribution in [0.5, 0.6) is 5.75 Å². The van der Waals surface area contributed by atoms with Crippen LogP contribution in [-0.2, 0) is 16.0 Å². The molecule has 29 heavy (non-hydrogen) atoms. The molecule has 1 saturated heterocycles. The zero-order valence-corrected chi connectivity index (χ0v) is 18.4. The van der Waals surface area contributed by atoms with Gasteiger partial charge in [0.25, 0.3) is 5.91 Å². The number of amides is 2. The fraction of sp³-hybridized carbons (Fsp3) is 0.667. The predicted octanol–water partition coefficient (Wildman–Crippen LogP) is 3.95. The molecule has 0 radical (unpaired) electrons. The van der Waals surface area contributed by atoms with E-state index in [0.717, 1.165) is 57.4 Å². The Kier molecular flexibility index (Phi) is 6.55. The first kappa shape index (κ1) is 21.7. The number of carbonyl (C=O) groups is 2. The van der Waals surface area contributed by atoms with Gasteiger partial charge >= 0.3 is 0 Å². The number of fused-ring (bicyclic) bond motifs is 1. The van der Waals surface area contributed by atoms with Gasteiger partial charge in [0, 0.05) is 25.0 Å². The van der Waals surface area contributed by atoms with Crippen molar-refractivity contribution < 1.29 is 14.3 Å². The Hall–Kier alpha value is -2.04. The molecule has 0 aromatic heterocycles. The standard InChI is InChI=1S/C24H36N2O3/c1-18-21(27)25-17-24(13-15-26(16-14-24)22(28)23(2,3)4)12-8-7-10-19-9-5-6-11-20(19)29-18/h5-6,9,11,18H,7-8,10,12-17H2,1-4H3,(H,25,27)/t18-/m1/s1. The van der Waals surface area contributed by atoms with E-state index in [-0.39, 0.29) is 22.6 Å². The summed E-state index contributed by atoms with van der Waals surface area (Å²) >= 11 is 0. The first-order valence-corrected chi connectivity index (χ1v) is 11.0. The van der Waals surface area contributed by atoms with E-state index < -0.39 is 6.10 Å². The maximum Gasteiger partial charge on any atom is 0.260 e. The lowest BCUT2D eigenvalue weighted by molar-refractivity contribution is -0.142. The largest absolute Gasteiger partial charge is 0.481 e. The van der Waals surface area contributed by atoms with Crippen LogP contribution in [-0.4, -0.2) is 42.5 Å². The molecule has 5 nitrogen and oxygen atoms in total. The lowest BCUT2D eigenvalue weighted by atomic mass is 9.73. The first-order valence-electron chi connectivity index (χ1n) is 11.0. The average molecular weight is 401 g/mol. The fourth-order valence-electron chi connectivity index (χ4n) is 4.48. The summed E-state index contributed by atoms with van der Waals surface area (Å²) in [6.07, 6.45) is 5.65. The number of nitrogens with zero attached hydrogens (tertiary/aromatic N) is 1. The molecule has 0 aliphatic carbocycles. The van der Waals surface area contributed by atoms with E-state index in [4.69, 9.17) is 4.74 Å². The summed E-state index contributed by atoms with van der Waals surface area (Å²) in [5.41, 5.74) is 0.904. The SMILES string of the molecule is C[C@H]1Oc2ccccc2CCCCC2(CCN(C(=O)C(C)(C)C)CC2)CNC1=O. The minimum atomic E-state index is -0.518. The van der Waals surface area contributed by atoms with Crippen molar-refractivity contribution in [2.45, 2.75) is 72.3 Å². The Labute approximate surface area is 175 Å². The number of carbonyl (C=O) groups excluding carboxylic acids is 2. The van der Waals surface area contributed by atoms with Gasteiger partial charge in [-0.05, 0) is 56.1 Å². The molecule has 1 N–H and O–H groups in total. The Morgan fingerprint density at radius 1 is 1.14 bits per heavy atom. The van der Waals surface area contributed by atoms with Crippen molar-refractivity contribution in [2.24, 2.45) is 10.8 Å². The molecule has 0 bridgehead atoms. The zero-order chi connectivity index (χ0) is 21.1. The lowest BCUT2D eigenvalue weighted by Crippen LogP contribution is -2.51. The van der Waals surface area contributed by atoms with Crippen molar-refractivity contribution in [1.82, 2.24) is 10.2 Å². The molecule has 2 aliphatic rings. The van der Waals surface area contributed by atoms with Gasteiger partial charge in [-0.3, -0.25) is 9.59 Å². The minimum Gasteiger partial charge on any atom is -0.481 e. The quantitative estimate of drug-likeness (QED) is 0.717. The van der Waals surface area contributed by atoms with Crippen molar-refractivity contribution in [3.05, 3.63) is 29.8 Å². The van der Waals surface area contributed by atoms with E-state index in [0.29, 0.717) is 6.54 Å². The summed E-state index contributed by atoms with van der Waals surface area (Å²) in [7, 11) is 0. The number of benzene rings is 1. The van der Waals surface area contributed by atoms with E-state index in [9.17, 15) is 9.59 Å². The molecule has 1 fully saturated rings. The molecule has 160 valence electrons. The van der Waals surface area contributed by atoms with Gasteiger partial charge < -0.3 is 15.0 Å². The van der Waals surface area contributed by atoms with Crippen molar-refractivity contribution in [2.75, 3.05) is 19.6 Å². The van der Waals surface area contributed by atoms with Crippen LogP contribution in [0.2, 0.25) is 0 Å². The van der Waals surface area contributed by atoms with Gasteiger partial charge in [-0.2, -0.15) is 0 Å². The van der Waals surface area contributed by atoms with Crippen LogP contribution in [0.15, 0.2) is 24.3 Å². The third kappa shape index (κ3) is 5.31. The monoisotopic (exact) mass is 400 g/mol. The van der Waals surface area contributed by atoms with Gasteiger partial charge in [0.1, 0.15) is 5.75 Å². The van der Waals surface area contributed by atoms with Gasteiger partial charge in [-0.1, -0.05) is 45.4 Å². The third-order valence-corrected chi connectivity index (χ3v) is 6.44. The van der Waals surface area contributed by atoms with Crippen LogP contribution in [0.25, 0.3) is 0 Å². The number of piperidine rings is 1. The van der Waals surface area contributed by atoms with E-state index in [1.54, 1.807) is 0 Å². The summed E-state index contributed by atoms with van der Waals surface area (Å²) in [5, 5.41) is 3.15. The smallest absolute Gasteiger partial charge is 0.260 e. The Morgan fingerprint density at radius 2 is 1.83 bits per heavy atom. The molecule has 2 heterocycles. The second-order valence-electron chi connectivity index (χ2n) is 9.83. The molecule has 1 spiro atoms. The highest BCUT2D eigenvalue weighted by atomic mass is 16.5. The molecule has 2 aliphatic heterocycles. The highest BCUT2D eigenvalue weighted by molar-refractivity contribution is 5.82. The average Bonchev–Trinajstić information content (AvgIpc) is 2.69. The maximum absolute atomic E-state index is 12.7. The number of hydrogen-bond acceptors (Lipinski definition) is 3. The predicted molar refractivity (Wildman–Crippen MR) is 115 cm³/mol. The number of hydrogen-bond donors (Lipinski definition) is 1. The summed E-state index contributed by atoms with van der Waals surface area (Å²) < 4.78 is 5.98. The molecular weight excluding hydrogens is 364 g/mol. The molecule has 3 rings (SSSR count). The van der Waals surface area contributed by atoms with E-state index in [2.05, 4.69) is 11.4 Å². The summed E-state index contributed by atoms with van der Waals surface area (Å²) in [4.78, 5) is 27.3. The van der Waals surface area contributed by atoms with Crippen molar-refractivity contribution >= 4 is 11.8 Å². The second-order valence-corrected chi connectivity index (χ2v) is 9.83. The Morgan fingerprint density at radius 3 is 2.52 bits per heavy atom. The zero-order valence-electron chi connectivity index (χ0n) is 18.4. The maximum atomic E-state index is 12.7. The normalized spacial score (nSPS) is 23.2. The lowest BCUT2D eigenvalue weighted by Gasteiger charge is -2.44. The van der Waals surface area contributed by atoms with Crippen molar-refractivity contribution in [3.63, 3.8) is 0 Å². The van der Waals surface area contributed by atoms with Gasteiger partial charge in [0.05, 0.1) is 0 Å². The van der Waals surface area contributed by atoms with Gasteiger partial charge in [0.15, 0.2) is 6.10 Å². The van der Waals surface area contributed by atoms with Crippen LogP contribution >= 0.6 is 0 Å². The topological polar surface area (TPSA) is 58.6 Å². The summed E-state index contributed by atoms with van der Waals surface area (Å²) in [6.45, 7) is 9.98. The summed E-state index contributed by atoms with van der Waals surface area (Å²) in [5.74, 6) is 0.982. The number of aryl methyl sites for hydroxylation is 1. The van der Waals surface area contributed by atoms with E-state index in [1.807, 2.05) is 50.8 Å². The van der Waals surface area contributed by atoms with Crippen LogP contribution in [0.4, 0.5) is 0 Å². The molecule has 1 atom stereocenters. The number of ether oxygens (including phenoxy) is 1. The van der Waals surface area contributed by atoms with E-state index >= 15 is 0 Å². The van der Waals surface area contributed by atoms with Crippen molar-refractivity contribution in [1.29, 1.82) is 0 Å². The first-order chi connectivity index (χ1) is 13.7. The number of para-hydroxylation sites is 1. The molecule has 5 heteroatoms. The molecule has 1 aromatic rings. The third-order valence-electron chi connectivity index (χ3n) is 6.44. The van der Waals surface area contributed by atoms with Gasteiger partial charge in [-0.25, -0.2) is 0 Å². The Bertz CT molecular complexity index is 730.